The fourth-order valence-electron chi connectivity index (χ4n) is 6.59. The van der Waals surface area contributed by atoms with Gasteiger partial charge in [-0.3, -0.25) is 0 Å². The topological polar surface area (TPSA) is 25.8 Å². The Morgan fingerprint density at radius 3 is 1.51 bits per heavy atom. The number of fused-ring (bicyclic) bond motifs is 3. The predicted molar refractivity (Wildman–Crippen MR) is 208 cm³/mol. The van der Waals surface area contributed by atoms with E-state index in [0.717, 1.165) is 44.8 Å². The second kappa shape index (κ2) is 12.5. The van der Waals surface area contributed by atoms with Crippen molar-refractivity contribution in [1.82, 2.24) is 9.97 Å². The highest BCUT2D eigenvalue weighted by atomic mass is 32.1. The van der Waals surface area contributed by atoms with Crippen molar-refractivity contribution in [2.24, 2.45) is 0 Å². The van der Waals surface area contributed by atoms with Crippen molar-refractivity contribution in [3.63, 3.8) is 0 Å². The van der Waals surface area contributed by atoms with Crippen LogP contribution < -0.4 is 0 Å². The molecule has 2 heterocycles. The van der Waals surface area contributed by atoms with Gasteiger partial charge in [-0.05, 0) is 75.8 Å². The van der Waals surface area contributed by atoms with E-state index in [9.17, 15) is 0 Å². The lowest BCUT2D eigenvalue weighted by molar-refractivity contribution is 1.18. The number of nitrogens with zero attached hydrogens (tertiary/aromatic N) is 2. The van der Waals surface area contributed by atoms with Crippen LogP contribution in [0.5, 0.6) is 0 Å². The van der Waals surface area contributed by atoms with Crippen LogP contribution in [0.1, 0.15) is 0 Å². The van der Waals surface area contributed by atoms with E-state index >= 15 is 0 Å². The molecule has 0 amide bonds. The van der Waals surface area contributed by atoms with Gasteiger partial charge in [-0.1, -0.05) is 140 Å². The van der Waals surface area contributed by atoms with Crippen molar-refractivity contribution >= 4 is 31.5 Å². The van der Waals surface area contributed by atoms with Crippen LogP contribution in [-0.2, 0) is 0 Å². The SMILES string of the molecule is c1ccc(-c2cc(-c3ccc4c(c3)sc3ccccc34)cc(-c3cc(-c4ccccc4)nc(-c4cccc(-c5ccccc5)c4)n3)c2)cc1. The van der Waals surface area contributed by atoms with E-state index in [4.69, 9.17) is 9.97 Å². The fraction of sp³-hybridized carbons (Fsp3) is 0. The van der Waals surface area contributed by atoms with E-state index in [2.05, 4.69) is 170 Å². The van der Waals surface area contributed by atoms with Crippen molar-refractivity contribution < 1.29 is 0 Å². The van der Waals surface area contributed by atoms with Gasteiger partial charge in [0.25, 0.3) is 0 Å². The van der Waals surface area contributed by atoms with E-state index in [1.807, 2.05) is 23.5 Å². The number of aromatic nitrogens is 2. The molecular weight excluding hydrogens is 613 g/mol. The lowest BCUT2D eigenvalue weighted by Crippen LogP contribution is -1.97. The Labute approximate surface area is 289 Å². The molecule has 2 aromatic heterocycles. The largest absolute Gasteiger partial charge is 0.228 e. The second-order valence-electron chi connectivity index (χ2n) is 12.2. The van der Waals surface area contributed by atoms with Gasteiger partial charge < -0.3 is 0 Å². The molecule has 9 aromatic rings. The molecule has 2 nitrogen and oxygen atoms in total. The highest BCUT2D eigenvalue weighted by molar-refractivity contribution is 7.25. The first-order valence-electron chi connectivity index (χ1n) is 16.5. The third-order valence-corrected chi connectivity index (χ3v) is 10.2. The first-order chi connectivity index (χ1) is 24.2. The van der Waals surface area contributed by atoms with Crippen LogP contribution in [0.4, 0.5) is 0 Å². The van der Waals surface area contributed by atoms with Crippen LogP contribution in [-0.4, -0.2) is 9.97 Å². The molecule has 0 unspecified atom stereocenters. The van der Waals surface area contributed by atoms with Gasteiger partial charge in [0.1, 0.15) is 0 Å². The fourth-order valence-corrected chi connectivity index (χ4v) is 7.74. The van der Waals surface area contributed by atoms with Crippen LogP contribution >= 0.6 is 11.3 Å². The Kier molecular flexibility index (Phi) is 7.38. The number of benzene rings is 7. The monoisotopic (exact) mass is 642 g/mol. The third kappa shape index (κ3) is 5.71. The van der Waals surface area contributed by atoms with Gasteiger partial charge >= 0.3 is 0 Å². The molecule has 7 aromatic carbocycles. The van der Waals surface area contributed by atoms with Crippen molar-refractivity contribution in [3.05, 3.63) is 182 Å². The third-order valence-electron chi connectivity index (χ3n) is 9.07. The molecule has 230 valence electrons. The van der Waals surface area contributed by atoms with E-state index in [1.165, 1.54) is 36.9 Å². The number of rotatable bonds is 6. The van der Waals surface area contributed by atoms with Gasteiger partial charge in [-0.15, -0.1) is 11.3 Å². The molecule has 49 heavy (non-hydrogen) atoms. The van der Waals surface area contributed by atoms with Crippen LogP contribution in [0.3, 0.4) is 0 Å². The highest BCUT2D eigenvalue weighted by Crippen LogP contribution is 2.39. The molecule has 0 saturated heterocycles. The first kappa shape index (κ1) is 29.0. The standard InChI is InChI=1S/C46H30N2S/c1-4-13-31(14-5-1)34-19-12-20-36(25-34)46-47-42(33-17-8-3-9-18-33)30-43(48-46)39-27-37(32-15-6-2-7-16-32)26-38(28-39)35-23-24-41-40-21-10-11-22-44(40)49-45(41)29-35/h1-30H. The Bertz CT molecular complexity index is 2590. The summed E-state index contributed by atoms with van der Waals surface area (Å²) in [4.78, 5) is 10.4. The average molecular weight is 643 g/mol. The molecule has 0 fully saturated rings. The molecule has 0 radical (unpaired) electrons. The molecule has 0 spiro atoms. The van der Waals surface area contributed by atoms with Crippen molar-refractivity contribution in [2.75, 3.05) is 0 Å². The molecule has 0 aliphatic carbocycles. The lowest BCUT2D eigenvalue weighted by Gasteiger charge is -2.14. The molecular formula is C46H30N2S. The zero-order valence-electron chi connectivity index (χ0n) is 26.6. The highest BCUT2D eigenvalue weighted by Gasteiger charge is 2.15. The lowest BCUT2D eigenvalue weighted by atomic mass is 9.94. The molecule has 3 heteroatoms. The van der Waals surface area contributed by atoms with Gasteiger partial charge in [0.05, 0.1) is 11.4 Å². The quantitative estimate of drug-likeness (QED) is 0.180. The van der Waals surface area contributed by atoms with Crippen LogP contribution in [0.2, 0.25) is 0 Å². The van der Waals surface area contributed by atoms with Gasteiger partial charge in [0.15, 0.2) is 5.82 Å². The molecule has 0 bridgehead atoms. The molecule has 0 N–H and O–H groups in total. The normalized spacial score (nSPS) is 11.3. The molecule has 0 saturated carbocycles. The summed E-state index contributed by atoms with van der Waals surface area (Å²) < 4.78 is 2.60. The summed E-state index contributed by atoms with van der Waals surface area (Å²) in [5, 5.41) is 2.61. The second-order valence-corrected chi connectivity index (χ2v) is 13.3. The summed E-state index contributed by atoms with van der Waals surface area (Å²) in [6.07, 6.45) is 0. The van der Waals surface area contributed by atoms with Crippen molar-refractivity contribution in [3.8, 4) is 67.3 Å². The minimum atomic E-state index is 0.701. The summed E-state index contributed by atoms with van der Waals surface area (Å²) in [5.41, 5.74) is 11.8. The Morgan fingerprint density at radius 1 is 0.286 bits per heavy atom. The molecule has 9 rings (SSSR count). The summed E-state index contributed by atoms with van der Waals surface area (Å²) >= 11 is 1.85. The van der Waals surface area contributed by atoms with Crippen molar-refractivity contribution in [2.45, 2.75) is 0 Å². The van der Waals surface area contributed by atoms with E-state index in [0.29, 0.717) is 5.82 Å². The van der Waals surface area contributed by atoms with E-state index in [1.54, 1.807) is 0 Å². The minimum Gasteiger partial charge on any atom is -0.228 e. The molecule has 0 aliphatic heterocycles. The molecule has 0 atom stereocenters. The zero-order valence-corrected chi connectivity index (χ0v) is 27.4. The first-order valence-corrected chi connectivity index (χ1v) is 17.3. The van der Waals surface area contributed by atoms with Gasteiger partial charge in [0, 0.05) is 36.9 Å². The number of hydrogen-bond acceptors (Lipinski definition) is 3. The predicted octanol–water partition coefficient (Wildman–Crippen LogP) is 12.8. The number of thiophene rings is 1. The average Bonchev–Trinajstić information content (AvgIpc) is 3.57. The smallest absolute Gasteiger partial charge is 0.160 e. The van der Waals surface area contributed by atoms with Crippen LogP contribution in [0, 0.1) is 0 Å². The summed E-state index contributed by atoms with van der Waals surface area (Å²) in [6, 6.07) is 64.5. The maximum atomic E-state index is 5.27. The molecule has 0 aliphatic rings. The van der Waals surface area contributed by atoms with Gasteiger partial charge in [0.2, 0.25) is 0 Å². The summed E-state index contributed by atoms with van der Waals surface area (Å²) in [6.45, 7) is 0. The maximum Gasteiger partial charge on any atom is 0.160 e. The Balaban J connectivity index is 1.24. The van der Waals surface area contributed by atoms with Crippen molar-refractivity contribution in [1.29, 1.82) is 0 Å². The van der Waals surface area contributed by atoms with Crippen LogP contribution in [0.15, 0.2) is 182 Å². The maximum absolute atomic E-state index is 5.27. The minimum absolute atomic E-state index is 0.701. The van der Waals surface area contributed by atoms with E-state index in [-0.39, 0.29) is 0 Å². The Hall–Kier alpha value is -6.16. The van der Waals surface area contributed by atoms with Gasteiger partial charge in [-0.25, -0.2) is 9.97 Å². The summed E-state index contributed by atoms with van der Waals surface area (Å²) in [5.74, 6) is 0.701. The van der Waals surface area contributed by atoms with Crippen LogP contribution in [0.25, 0.3) is 87.5 Å². The Morgan fingerprint density at radius 2 is 0.776 bits per heavy atom. The zero-order chi connectivity index (χ0) is 32.6. The van der Waals surface area contributed by atoms with Gasteiger partial charge in [-0.2, -0.15) is 0 Å². The summed E-state index contributed by atoms with van der Waals surface area (Å²) in [7, 11) is 0. The van der Waals surface area contributed by atoms with E-state index < -0.39 is 0 Å². The number of hydrogen-bond donors (Lipinski definition) is 0.